The third-order valence-electron chi connectivity index (χ3n) is 2.54. The van der Waals surface area contributed by atoms with Crippen molar-refractivity contribution in [2.75, 3.05) is 0 Å². The fourth-order valence-electron chi connectivity index (χ4n) is 1.73. The zero-order valence-corrected chi connectivity index (χ0v) is 10.6. The Balaban J connectivity index is 2.45. The van der Waals surface area contributed by atoms with Crippen molar-refractivity contribution < 1.29 is 4.79 Å². The van der Waals surface area contributed by atoms with E-state index in [0.29, 0.717) is 18.7 Å². The van der Waals surface area contributed by atoms with Crippen molar-refractivity contribution in [3.63, 3.8) is 0 Å². The van der Waals surface area contributed by atoms with Crippen LogP contribution >= 0.6 is 15.9 Å². The van der Waals surface area contributed by atoms with Gasteiger partial charge in [-0.25, -0.2) is 4.85 Å². The number of aryl methyl sites for hydroxylation is 1. The fraction of sp³-hybridized carbons (Fsp3) is 0.167. The Bertz CT molecular complexity index is 624. The Kier molecular flexibility index (Phi) is 3.16. The van der Waals surface area contributed by atoms with Crippen molar-refractivity contribution in [2.45, 2.75) is 13.0 Å². The van der Waals surface area contributed by atoms with Crippen LogP contribution in [0.3, 0.4) is 0 Å². The van der Waals surface area contributed by atoms with Gasteiger partial charge < -0.3 is 10.3 Å². The number of hydrogen-bond acceptors (Lipinski definition) is 1. The molecule has 0 aliphatic carbocycles. The molecule has 1 heterocycles. The number of fused-ring (bicyclic) bond motifs is 1. The molecule has 2 aromatic rings. The average molecular weight is 292 g/mol. The summed E-state index contributed by atoms with van der Waals surface area (Å²) in [6.45, 7) is 7.53. The van der Waals surface area contributed by atoms with Gasteiger partial charge in [-0.1, -0.05) is 6.07 Å². The molecule has 0 bridgehead atoms. The standard InChI is InChI=1S/C12H10BrN3O/c1-15-8-2-3-11-9(6-8)10(13)7-16(11)5-4-12(14)17/h2-3,6-7H,4-5H2,(H2,14,17). The van der Waals surface area contributed by atoms with E-state index in [0.717, 1.165) is 15.4 Å². The van der Waals surface area contributed by atoms with Gasteiger partial charge in [-0.05, 0) is 28.1 Å². The molecular weight excluding hydrogens is 282 g/mol. The minimum absolute atomic E-state index is 0.306. The second-order valence-corrected chi connectivity index (χ2v) is 4.55. The van der Waals surface area contributed by atoms with Crippen molar-refractivity contribution in [1.82, 2.24) is 4.57 Å². The van der Waals surface area contributed by atoms with Crippen LogP contribution in [-0.2, 0) is 11.3 Å². The molecule has 0 unspecified atom stereocenters. The van der Waals surface area contributed by atoms with Crippen LogP contribution in [0.2, 0.25) is 0 Å². The van der Waals surface area contributed by atoms with Gasteiger partial charge in [0.1, 0.15) is 0 Å². The summed E-state index contributed by atoms with van der Waals surface area (Å²) >= 11 is 3.45. The van der Waals surface area contributed by atoms with E-state index in [2.05, 4.69) is 20.8 Å². The van der Waals surface area contributed by atoms with E-state index in [9.17, 15) is 4.79 Å². The van der Waals surface area contributed by atoms with E-state index >= 15 is 0 Å². The molecule has 2 N–H and O–H groups in total. The van der Waals surface area contributed by atoms with Gasteiger partial charge in [0.15, 0.2) is 5.69 Å². The topological polar surface area (TPSA) is 52.4 Å². The maximum atomic E-state index is 10.8. The number of rotatable bonds is 3. The van der Waals surface area contributed by atoms with Gasteiger partial charge in [-0.3, -0.25) is 4.79 Å². The predicted octanol–water partition coefficient (Wildman–Crippen LogP) is 2.83. The largest absolute Gasteiger partial charge is 0.370 e. The molecular formula is C12H10BrN3O. The van der Waals surface area contributed by atoms with Gasteiger partial charge >= 0.3 is 0 Å². The van der Waals surface area contributed by atoms with Crippen LogP contribution in [-0.4, -0.2) is 10.5 Å². The second kappa shape index (κ2) is 4.60. The summed E-state index contributed by atoms with van der Waals surface area (Å²) in [6.07, 6.45) is 2.21. The van der Waals surface area contributed by atoms with E-state index < -0.39 is 0 Å². The number of nitrogens with zero attached hydrogens (tertiary/aromatic N) is 2. The zero-order valence-electron chi connectivity index (χ0n) is 8.98. The Morgan fingerprint density at radius 3 is 2.94 bits per heavy atom. The number of halogens is 1. The highest BCUT2D eigenvalue weighted by Crippen LogP contribution is 2.29. The highest BCUT2D eigenvalue weighted by Gasteiger charge is 2.07. The molecule has 0 fully saturated rings. The van der Waals surface area contributed by atoms with E-state index in [4.69, 9.17) is 12.3 Å². The quantitative estimate of drug-likeness (QED) is 0.869. The Morgan fingerprint density at radius 1 is 1.53 bits per heavy atom. The molecule has 1 aromatic carbocycles. The summed E-state index contributed by atoms with van der Waals surface area (Å²) in [5, 5.41) is 0.975. The Hall–Kier alpha value is -1.80. The minimum atomic E-state index is -0.319. The van der Waals surface area contributed by atoms with Gasteiger partial charge in [-0.2, -0.15) is 0 Å². The lowest BCUT2D eigenvalue weighted by Crippen LogP contribution is -2.13. The van der Waals surface area contributed by atoms with Crippen molar-refractivity contribution >= 4 is 38.4 Å². The number of benzene rings is 1. The Labute approximate surface area is 107 Å². The predicted molar refractivity (Wildman–Crippen MR) is 69.7 cm³/mol. The molecule has 1 aromatic heterocycles. The van der Waals surface area contributed by atoms with Crippen LogP contribution in [0.25, 0.3) is 15.7 Å². The molecule has 0 aliphatic heterocycles. The number of hydrogen-bond donors (Lipinski definition) is 1. The smallest absolute Gasteiger partial charge is 0.219 e. The lowest BCUT2D eigenvalue weighted by molar-refractivity contribution is -0.118. The van der Waals surface area contributed by atoms with Gasteiger partial charge in [0.05, 0.1) is 6.57 Å². The first-order valence-corrected chi connectivity index (χ1v) is 5.85. The average Bonchev–Trinajstić information content (AvgIpc) is 2.63. The van der Waals surface area contributed by atoms with E-state index in [-0.39, 0.29) is 5.91 Å². The molecule has 17 heavy (non-hydrogen) atoms. The van der Waals surface area contributed by atoms with Crippen LogP contribution in [0.1, 0.15) is 6.42 Å². The highest BCUT2D eigenvalue weighted by molar-refractivity contribution is 9.10. The number of primary amides is 1. The molecule has 0 radical (unpaired) electrons. The Morgan fingerprint density at radius 2 is 2.29 bits per heavy atom. The van der Waals surface area contributed by atoms with Crippen molar-refractivity contribution in [3.05, 3.63) is 40.3 Å². The molecule has 0 saturated heterocycles. The van der Waals surface area contributed by atoms with Crippen LogP contribution < -0.4 is 5.73 Å². The molecule has 0 aliphatic rings. The van der Waals surface area contributed by atoms with Crippen LogP contribution in [0.5, 0.6) is 0 Å². The summed E-state index contributed by atoms with van der Waals surface area (Å²) in [6, 6.07) is 5.48. The molecule has 0 saturated carbocycles. The number of aromatic nitrogens is 1. The number of nitrogens with two attached hydrogens (primary N) is 1. The third kappa shape index (κ3) is 2.32. The summed E-state index contributed by atoms with van der Waals surface area (Å²) in [7, 11) is 0. The van der Waals surface area contributed by atoms with Crippen LogP contribution in [0.4, 0.5) is 5.69 Å². The van der Waals surface area contributed by atoms with E-state index in [1.54, 1.807) is 6.07 Å². The van der Waals surface area contributed by atoms with Crippen molar-refractivity contribution in [1.29, 1.82) is 0 Å². The van der Waals surface area contributed by atoms with E-state index in [1.165, 1.54) is 0 Å². The van der Waals surface area contributed by atoms with Gasteiger partial charge in [0, 0.05) is 34.5 Å². The third-order valence-corrected chi connectivity index (χ3v) is 3.18. The fourth-order valence-corrected chi connectivity index (χ4v) is 2.29. The first kappa shape index (κ1) is 11.7. The number of carbonyl (C=O) groups excluding carboxylic acids is 1. The molecule has 0 atom stereocenters. The first-order chi connectivity index (χ1) is 8.11. The second-order valence-electron chi connectivity index (χ2n) is 3.70. The number of carbonyl (C=O) groups is 1. The summed E-state index contributed by atoms with van der Waals surface area (Å²) < 4.78 is 2.88. The monoisotopic (exact) mass is 291 g/mol. The SMILES string of the molecule is [C-]#[N+]c1ccc2c(c1)c(Br)cn2CCC(N)=O. The lowest BCUT2D eigenvalue weighted by Gasteiger charge is -2.02. The molecule has 0 spiro atoms. The maximum absolute atomic E-state index is 10.8. The number of amides is 1. The first-order valence-electron chi connectivity index (χ1n) is 5.06. The molecule has 86 valence electrons. The highest BCUT2D eigenvalue weighted by atomic mass is 79.9. The van der Waals surface area contributed by atoms with E-state index in [1.807, 2.05) is 22.9 Å². The maximum Gasteiger partial charge on any atom is 0.219 e. The summed E-state index contributed by atoms with van der Waals surface area (Å²) in [5.41, 5.74) is 6.73. The summed E-state index contributed by atoms with van der Waals surface area (Å²) in [5.74, 6) is -0.319. The van der Waals surface area contributed by atoms with Gasteiger partial charge in [0.2, 0.25) is 5.91 Å². The molecule has 1 amide bonds. The normalized spacial score (nSPS) is 10.4. The van der Waals surface area contributed by atoms with Gasteiger partial charge in [-0.15, -0.1) is 0 Å². The molecule has 2 rings (SSSR count). The van der Waals surface area contributed by atoms with Crippen molar-refractivity contribution in [3.8, 4) is 0 Å². The van der Waals surface area contributed by atoms with Crippen LogP contribution in [0.15, 0.2) is 28.9 Å². The summed E-state index contributed by atoms with van der Waals surface area (Å²) in [4.78, 5) is 14.2. The zero-order chi connectivity index (χ0) is 12.4. The molecule has 4 nitrogen and oxygen atoms in total. The lowest BCUT2D eigenvalue weighted by atomic mass is 10.2. The molecule has 5 heteroatoms. The van der Waals surface area contributed by atoms with Crippen molar-refractivity contribution in [2.24, 2.45) is 5.73 Å². The van der Waals surface area contributed by atoms with Gasteiger partial charge in [0.25, 0.3) is 0 Å². The van der Waals surface area contributed by atoms with Crippen LogP contribution in [0, 0.1) is 6.57 Å². The minimum Gasteiger partial charge on any atom is -0.370 e.